The number of carbonyl (C=O) groups excluding carboxylic acids is 2. The summed E-state index contributed by atoms with van der Waals surface area (Å²) in [7, 11) is 3.36. The molecule has 0 saturated carbocycles. The van der Waals surface area contributed by atoms with Crippen LogP contribution in [-0.4, -0.2) is 30.8 Å². The van der Waals surface area contributed by atoms with Gasteiger partial charge in [0.1, 0.15) is 0 Å². The smallest absolute Gasteiger partial charge is 0.255 e. The molecule has 0 aromatic heterocycles. The Balaban J connectivity index is 2.14. The van der Waals surface area contributed by atoms with Crippen molar-refractivity contribution in [2.45, 2.75) is 13.8 Å². The largest absolute Gasteiger partial charge is 0.345 e. The van der Waals surface area contributed by atoms with Crippen LogP contribution in [-0.2, 0) is 4.79 Å². The number of hydrogen-bond acceptors (Lipinski definition) is 2. The van der Waals surface area contributed by atoms with E-state index in [0.29, 0.717) is 11.3 Å². The van der Waals surface area contributed by atoms with Crippen LogP contribution in [0.5, 0.6) is 0 Å². The van der Waals surface area contributed by atoms with Crippen molar-refractivity contribution in [1.29, 1.82) is 0 Å². The zero-order valence-corrected chi connectivity index (χ0v) is 14.5. The molecule has 4 nitrogen and oxygen atoms in total. The molecule has 1 N–H and O–H groups in total. The van der Waals surface area contributed by atoms with Crippen molar-refractivity contribution in [3.05, 3.63) is 70.8 Å². The van der Waals surface area contributed by atoms with Gasteiger partial charge in [0.25, 0.3) is 5.91 Å². The Labute approximate surface area is 142 Å². The van der Waals surface area contributed by atoms with Crippen LogP contribution in [0.4, 0.5) is 5.69 Å². The van der Waals surface area contributed by atoms with E-state index in [1.165, 1.54) is 22.1 Å². The molecular formula is C20H22N2O2. The number of aryl methyl sites for hydroxylation is 2. The molecule has 0 aliphatic carbocycles. The minimum absolute atomic E-state index is 0.149. The van der Waals surface area contributed by atoms with Crippen LogP contribution in [0.15, 0.2) is 48.5 Å². The van der Waals surface area contributed by atoms with Crippen molar-refractivity contribution in [3.8, 4) is 0 Å². The highest BCUT2D eigenvalue weighted by atomic mass is 16.2. The fourth-order valence-electron chi connectivity index (χ4n) is 2.23. The molecule has 4 heteroatoms. The maximum atomic E-state index is 12.2. The number of nitrogens with zero attached hydrogens (tertiary/aromatic N) is 1. The monoisotopic (exact) mass is 322 g/mol. The molecule has 0 unspecified atom stereocenters. The van der Waals surface area contributed by atoms with Crippen LogP contribution >= 0.6 is 0 Å². The molecule has 0 aliphatic rings. The van der Waals surface area contributed by atoms with Gasteiger partial charge in [-0.3, -0.25) is 9.59 Å². The molecule has 2 aromatic carbocycles. The van der Waals surface area contributed by atoms with Gasteiger partial charge in [-0.2, -0.15) is 0 Å². The number of carbonyl (C=O) groups is 2. The molecule has 124 valence electrons. The number of anilines is 1. The number of hydrogen-bond donors (Lipinski definition) is 1. The molecule has 0 aliphatic heterocycles. The van der Waals surface area contributed by atoms with Gasteiger partial charge in [0, 0.05) is 20.2 Å². The number of para-hydroxylation sites is 1. The summed E-state index contributed by atoms with van der Waals surface area (Å²) in [6.07, 6.45) is 3.24. The Kier molecular flexibility index (Phi) is 5.53. The van der Waals surface area contributed by atoms with Crippen LogP contribution in [0.1, 0.15) is 27.0 Å². The predicted octanol–water partition coefficient (Wildman–Crippen LogP) is 3.66. The van der Waals surface area contributed by atoms with Crippen molar-refractivity contribution in [1.82, 2.24) is 4.90 Å². The summed E-state index contributed by atoms with van der Waals surface area (Å²) >= 11 is 0. The van der Waals surface area contributed by atoms with Crippen molar-refractivity contribution in [2.24, 2.45) is 0 Å². The average molecular weight is 322 g/mol. The van der Waals surface area contributed by atoms with Gasteiger partial charge in [0.2, 0.25) is 5.91 Å². The zero-order valence-electron chi connectivity index (χ0n) is 14.5. The summed E-state index contributed by atoms with van der Waals surface area (Å²) in [5.74, 6) is -0.420. The Morgan fingerprint density at radius 2 is 1.71 bits per heavy atom. The highest BCUT2D eigenvalue weighted by Crippen LogP contribution is 2.17. The lowest BCUT2D eigenvalue weighted by Gasteiger charge is -2.14. The number of benzene rings is 2. The fourth-order valence-corrected chi connectivity index (χ4v) is 2.23. The average Bonchev–Trinajstić information content (AvgIpc) is 2.55. The molecule has 2 aromatic rings. The van der Waals surface area contributed by atoms with Crippen LogP contribution < -0.4 is 5.32 Å². The molecule has 24 heavy (non-hydrogen) atoms. The molecular weight excluding hydrogens is 300 g/mol. The molecule has 0 spiro atoms. The van der Waals surface area contributed by atoms with Crippen LogP contribution in [0.2, 0.25) is 0 Å². The highest BCUT2D eigenvalue weighted by molar-refractivity contribution is 6.07. The van der Waals surface area contributed by atoms with Crippen LogP contribution in [0, 0.1) is 13.8 Å². The lowest BCUT2D eigenvalue weighted by Crippen LogP contribution is -2.23. The first-order valence-electron chi connectivity index (χ1n) is 7.75. The van der Waals surface area contributed by atoms with Gasteiger partial charge in [-0.1, -0.05) is 30.3 Å². The third kappa shape index (κ3) is 4.32. The van der Waals surface area contributed by atoms with Gasteiger partial charge in [-0.15, -0.1) is 0 Å². The third-order valence-corrected chi connectivity index (χ3v) is 3.78. The van der Waals surface area contributed by atoms with Gasteiger partial charge < -0.3 is 10.2 Å². The van der Waals surface area contributed by atoms with Crippen LogP contribution in [0.3, 0.4) is 0 Å². The van der Waals surface area contributed by atoms with E-state index in [2.05, 4.69) is 5.32 Å². The maximum absolute atomic E-state index is 12.2. The van der Waals surface area contributed by atoms with Gasteiger partial charge in [0.05, 0.1) is 11.3 Å². The van der Waals surface area contributed by atoms with Gasteiger partial charge in [-0.05, 0) is 48.7 Å². The standard InChI is InChI=1S/C20H22N2O2/c1-14-9-10-16(13-15(14)2)11-12-19(23)21-18-8-6-5-7-17(18)20(24)22(3)4/h5-13H,1-4H3,(H,21,23)/b12-11+. The first-order chi connectivity index (χ1) is 11.4. The van der Waals surface area contributed by atoms with E-state index in [9.17, 15) is 9.59 Å². The third-order valence-electron chi connectivity index (χ3n) is 3.78. The summed E-state index contributed by atoms with van der Waals surface area (Å²) in [4.78, 5) is 25.8. The first kappa shape index (κ1) is 17.5. The summed E-state index contributed by atoms with van der Waals surface area (Å²) in [5, 5.41) is 2.77. The molecule has 2 amide bonds. The minimum Gasteiger partial charge on any atom is -0.345 e. The lowest BCUT2D eigenvalue weighted by molar-refractivity contribution is -0.111. The SMILES string of the molecule is Cc1ccc(/C=C/C(=O)Nc2ccccc2C(=O)N(C)C)cc1C. The summed E-state index contributed by atoms with van der Waals surface area (Å²) in [6, 6.07) is 13.0. The van der Waals surface area contributed by atoms with E-state index in [4.69, 9.17) is 0 Å². The molecule has 0 heterocycles. The second kappa shape index (κ2) is 7.59. The van der Waals surface area contributed by atoms with E-state index in [-0.39, 0.29) is 11.8 Å². The molecule has 2 rings (SSSR count). The van der Waals surface area contributed by atoms with E-state index in [0.717, 1.165) is 5.56 Å². The van der Waals surface area contributed by atoms with E-state index in [1.807, 2.05) is 32.0 Å². The summed E-state index contributed by atoms with van der Waals surface area (Å²) in [6.45, 7) is 4.09. The van der Waals surface area contributed by atoms with Gasteiger partial charge >= 0.3 is 0 Å². The van der Waals surface area contributed by atoms with Crippen LogP contribution in [0.25, 0.3) is 6.08 Å². The Morgan fingerprint density at radius 1 is 1.00 bits per heavy atom. The van der Waals surface area contributed by atoms with Gasteiger partial charge in [0.15, 0.2) is 0 Å². The number of nitrogens with one attached hydrogen (secondary N) is 1. The summed E-state index contributed by atoms with van der Waals surface area (Å²) < 4.78 is 0. The highest BCUT2D eigenvalue weighted by Gasteiger charge is 2.13. The first-order valence-corrected chi connectivity index (χ1v) is 7.75. The Morgan fingerprint density at radius 3 is 2.38 bits per heavy atom. The predicted molar refractivity (Wildman–Crippen MR) is 98.0 cm³/mol. The molecule has 0 fully saturated rings. The van der Waals surface area contributed by atoms with E-state index >= 15 is 0 Å². The molecule has 0 radical (unpaired) electrons. The second-order valence-electron chi connectivity index (χ2n) is 5.91. The number of amides is 2. The summed E-state index contributed by atoms with van der Waals surface area (Å²) in [5.41, 5.74) is 4.33. The zero-order chi connectivity index (χ0) is 17.7. The van der Waals surface area contributed by atoms with Crippen molar-refractivity contribution in [2.75, 3.05) is 19.4 Å². The Hall–Kier alpha value is -2.88. The van der Waals surface area contributed by atoms with E-state index < -0.39 is 0 Å². The lowest BCUT2D eigenvalue weighted by atomic mass is 10.1. The second-order valence-corrected chi connectivity index (χ2v) is 5.91. The molecule has 0 atom stereocenters. The number of rotatable bonds is 4. The minimum atomic E-state index is -0.271. The van der Waals surface area contributed by atoms with E-state index in [1.54, 1.807) is 44.4 Å². The Bertz CT molecular complexity index is 792. The molecule has 0 saturated heterocycles. The van der Waals surface area contributed by atoms with Gasteiger partial charge in [-0.25, -0.2) is 0 Å². The van der Waals surface area contributed by atoms with Crippen molar-refractivity contribution in [3.63, 3.8) is 0 Å². The van der Waals surface area contributed by atoms with Crippen molar-refractivity contribution >= 4 is 23.6 Å². The quantitative estimate of drug-likeness (QED) is 0.873. The molecule has 0 bridgehead atoms. The fraction of sp³-hybridized carbons (Fsp3) is 0.200. The normalized spacial score (nSPS) is 10.7. The maximum Gasteiger partial charge on any atom is 0.255 e. The van der Waals surface area contributed by atoms with Crippen molar-refractivity contribution < 1.29 is 9.59 Å². The topological polar surface area (TPSA) is 49.4 Å².